The molecule has 0 saturated heterocycles. The summed E-state index contributed by atoms with van der Waals surface area (Å²) in [4.78, 5) is 21.7. The van der Waals surface area contributed by atoms with Gasteiger partial charge in [0.25, 0.3) is 20.6 Å². The van der Waals surface area contributed by atoms with Crippen molar-refractivity contribution in [1.29, 1.82) is 0 Å². The predicted molar refractivity (Wildman–Crippen MR) is 78.9 cm³/mol. The Morgan fingerprint density at radius 1 is 1.43 bits per heavy atom. The van der Waals surface area contributed by atoms with E-state index in [1.54, 1.807) is 0 Å². The van der Waals surface area contributed by atoms with Crippen LogP contribution in [-0.4, -0.2) is 25.3 Å². The molecule has 1 aliphatic carbocycles. The van der Waals surface area contributed by atoms with Gasteiger partial charge >= 0.3 is 0 Å². The van der Waals surface area contributed by atoms with E-state index in [9.17, 15) is 23.3 Å². The second-order valence-electron chi connectivity index (χ2n) is 4.60. The number of nitro benzene ring substituents is 1. The van der Waals surface area contributed by atoms with Crippen molar-refractivity contribution in [2.45, 2.75) is 30.2 Å². The quantitative estimate of drug-likeness (QED) is 0.477. The third kappa shape index (κ3) is 3.53. The molecule has 0 aromatic heterocycles. The molecular formula is C11H10BrClN2O5S. The summed E-state index contributed by atoms with van der Waals surface area (Å²) in [6.07, 6.45) is 2.67. The maximum absolute atomic E-state index is 12.1. The zero-order valence-corrected chi connectivity index (χ0v) is 13.7. The number of nitrogens with zero attached hydrogens (tertiary/aromatic N) is 1. The summed E-state index contributed by atoms with van der Waals surface area (Å²) in [6, 6.07) is 1.84. The van der Waals surface area contributed by atoms with E-state index in [1.807, 2.05) is 0 Å². The zero-order chi connectivity index (χ0) is 15.8. The highest BCUT2D eigenvalue weighted by atomic mass is 79.9. The SMILES string of the molecule is O=C(NC1CCC1)c1cc([N+](=O)[O-])cc(S(=O)(=O)Cl)c1Br. The predicted octanol–water partition coefficient (Wildman–Crippen LogP) is 2.57. The molecule has 1 aromatic rings. The summed E-state index contributed by atoms with van der Waals surface area (Å²) in [7, 11) is 1.02. The van der Waals surface area contributed by atoms with Gasteiger partial charge in [-0.2, -0.15) is 0 Å². The van der Waals surface area contributed by atoms with E-state index < -0.39 is 30.5 Å². The van der Waals surface area contributed by atoms with Crippen molar-refractivity contribution in [3.05, 3.63) is 32.3 Å². The molecule has 1 amide bonds. The van der Waals surface area contributed by atoms with Crippen molar-refractivity contribution in [2.75, 3.05) is 0 Å². The minimum atomic E-state index is -4.22. The summed E-state index contributed by atoms with van der Waals surface area (Å²) >= 11 is 2.98. The molecule has 0 heterocycles. The van der Waals surface area contributed by atoms with E-state index in [4.69, 9.17) is 10.7 Å². The Bertz CT molecular complexity index is 718. The molecule has 1 aliphatic rings. The number of rotatable bonds is 4. The molecule has 1 saturated carbocycles. The van der Waals surface area contributed by atoms with E-state index in [0.29, 0.717) is 0 Å². The van der Waals surface area contributed by atoms with Crippen molar-refractivity contribution in [3.63, 3.8) is 0 Å². The first-order valence-corrected chi connectivity index (χ1v) is 9.04. The Morgan fingerprint density at radius 3 is 2.48 bits per heavy atom. The summed E-state index contributed by atoms with van der Waals surface area (Å²) in [5.41, 5.74) is -0.647. The zero-order valence-electron chi connectivity index (χ0n) is 10.5. The van der Waals surface area contributed by atoms with Crippen LogP contribution >= 0.6 is 26.6 Å². The number of carbonyl (C=O) groups excluding carboxylic acids is 1. The number of non-ortho nitro benzene ring substituents is 1. The molecule has 21 heavy (non-hydrogen) atoms. The number of amides is 1. The van der Waals surface area contributed by atoms with Crippen molar-refractivity contribution < 1.29 is 18.1 Å². The molecule has 114 valence electrons. The number of hydrogen-bond acceptors (Lipinski definition) is 5. The number of hydrogen-bond donors (Lipinski definition) is 1. The Kier molecular flexibility index (Phi) is 4.54. The fourth-order valence-electron chi connectivity index (χ4n) is 1.85. The van der Waals surface area contributed by atoms with Gasteiger partial charge in [0.1, 0.15) is 4.90 Å². The standard InChI is InChI=1S/C11H10BrClN2O5S/c12-10-8(11(16)14-6-2-1-3-6)4-7(15(17)18)5-9(10)21(13,19)20/h4-6H,1-3H2,(H,14,16). The van der Waals surface area contributed by atoms with Crippen LogP contribution in [0.5, 0.6) is 0 Å². The van der Waals surface area contributed by atoms with E-state index >= 15 is 0 Å². The highest BCUT2D eigenvalue weighted by Crippen LogP contribution is 2.33. The Labute approximate surface area is 133 Å². The summed E-state index contributed by atoms with van der Waals surface area (Å²) in [5, 5.41) is 13.6. The van der Waals surface area contributed by atoms with E-state index in [2.05, 4.69) is 21.2 Å². The molecule has 1 aromatic carbocycles. The van der Waals surface area contributed by atoms with Crippen LogP contribution in [0.2, 0.25) is 0 Å². The summed E-state index contributed by atoms with van der Waals surface area (Å²) in [6.45, 7) is 0. The molecule has 10 heteroatoms. The first-order valence-electron chi connectivity index (χ1n) is 5.93. The van der Waals surface area contributed by atoms with E-state index in [0.717, 1.165) is 31.4 Å². The van der Waals surface area contributed by atoms with Crippen LogP contribution in [-0.2, 0) is 9.05 Å². The Balaban J connectivity index is 2.50. The molecule has 2 rings (SSSR count). The lowest BCUT2D eigenvalue weighted by Crippen LogP contribution is -2.39. The number of nitro groups is 1. The first kappa shape index (κ1) is 16.2. The number of halogens is 2. The van der Waals surface area contributed by atoms with Crippen molar-refractivity contribution in [2.24, 2.45) is 0 Å². The van der Waals surface area contributed by atoms with Crippen LogP contribution in [0.1, 0.15) is 29.6 Å². The Hall–Kier alpha value is -1.19. The van der Waals surface area contributed by atoms with Crippen LogP contribution in [0.15, 0.2) is 21.5 Å². The van der Waals surface area contributed by atoms with Gasteiger partial charge in [0, 0.05) is 28.9 Å². The fraction of sp³-hybridized carbons (Fsp3) is 0.364. The van der Waals surface area contributed by atoms with Gasteiger partial charge in [-0.3, -0.25) is 14.9 Å². The van der Waals surface area contributed by atoms with Gasteiger partial charge in [-0.05, 0) is 35.2 Å². The van der Waals surface area contributed by atoms with E-state index in [1.165, 1.54) is 0 Å². The topological polar surface area (TPSA) is 106 Å². The largest absolute Gasteiger partial charge is 0.349 e. The Morgan fingerprint density at radius 2 is 2.05 bits per heavy atom. The van der Waals surface area contributed by atoms with Crippen molar-refractivity contribution in [1.82, 2.24) is 5.32 Å². The molecule has 0 atom stereocenters. The van der Waals surface area contributed by atoms with Crippen LogP contribution in [0.4, 0.5) is 5.69 Å². The summed E-state index contributed by atoms with van der Waals surface area (Å²) in [5.74, 6) is -0.572. The van der Waals surface area contributed by atoms with E-state index in [-0.39, 0.29) is 16.1 Å². The lowest BCUT2D eigenvalue weighted by Gasteiger charge is -2.26. The molecular weight excluding hydrogens is 388 g/mol. The molecule has 1 fully saturated rings. The van der Waals surface area contributed by atoms with Gasteiger partial charge in [0.05, 0.1) is 15.0 Å². The molecule has 0 bridgehead atoms. The smallest absolute Gasteiger partial charge is 0.271 e. The van der Waals surface area contributed by atoms with Crippen molar-refractivity contribution >= 4 is 47.3 Å². The van der Waals surface area contributed by atoms with Gasteiger partial charge in [0.2, 0.25) is 0 Å². The maximum Gasteiger partial charge on any atom is 0.271 e. The number of nitrogens with one attached hydrogen (secondary N) is 1. The van der Waals surface area contributed by atoms with Crippen LogP contribution in [0.3, 0.4) is 0 Å². The van der Waals surface area contributed by atoms with Gasteiger partial charge in [-0.1, -0.05) is 0 Å². The molecule has 1 N–H and O–H groups in total. The first-order chi connectivity index (χ1) is 9.70. The van der Waals surface area contributed by atoms with Crippen LogP contribution < -0.4 is 5.32 Å². The van der Waals surface area contributed by atoms with Gasteiger partial charge < -0.3 is 5.32 Å². The number of carbonyl (C=O) groups is 1. The van der Waals surface area contributed by atoms with Gasteiger partial charge in [-0.25, -0.2) is 8.42 Å². The minimum Gasteiger partial charge on any atom is -0.349 e. The monoisotopic (exact) mass is 396 g/mol. The van der Waals surface area contributed by atoms with Crippen LogP contribution in [0, 0.1) is 10.1 Å². The average Bonchev–Trinajstić information content (AvgIpc) is 2.32. The van der Waals surface area contributed by atoms with Crippen molar-refractivity contribution in [3.8, 4) is 0 Å². The second-order valence-corrected chi connectivity index (χ2v) is 7.93. The van der Waals surface area contributed by atoms with Gasteiger partial charge in [0.15, 0.2) is 0 Å². The highest BCUT2D eigenvalue weighted by molar-refractivity contribution is 9.10. The minimum absolute atomic E-state index is 0.0136. The van der Waals surface area contributed by atoms with Gasteiger partial charge in [-0.15, -0.1) is 0 Å². The lowest BCUT2D eigenvalue weighted by molar-refractivity contribution is -0.385. The third-order valence-corrected chi connectivity index (χ3v) is 5.65. The second kappa shape index (κ2) is 5.90. The average molecular weight is 398 g/mol. The molecule has 0 unspecified atom stereocenters. The lowest BCUT2D eigenvalue weighted by atomic mass is 9.93. The molecule has 7 nitrogen and oxygen atoms in total. The highest BCUT2D eigenvalue weighted by Gasteiger charge is 2.27. The molecule has 0 spiro atoms. The third-order valence-electron chi connectivity index (χ3n) is 3.18. The normalized spacial score (nSPS) is 15.3. The summed E-state index contributed by atoms with van der Waals surface area (Å²) < 4.78 is 22.9. The van der Waals surface area contributed by atoms with Crippen LogP contribution in [0.25, 0.3) is 0 Å². The fourth-order valence-corrected chi connectivity index (χ4v) is 4.13. The molecule has 0 aliphatic heterocycles. The maximum atomic E-state index is 12.1. The molecule has 0 radical (unpaired) electrons. The number of benzene rings is 1.